The number of nitrogens with one attached hydrogen (secondary N) is 1. The number of unbranched alkanes of at least 4 members (excludes halogenated alkanes) is 3. The van der Waals surface area contributed by atoms with Crippen molar-refractivity contribution >= 4 is 36.7 Å². The van der Waals surface area contributed by atoms with Gasteiger partial charge in [0.15, 0.2) is 0 Å². The zero-order valence-electron chi connectivity index (χ0n) is 25.0. The van der Waals surface area contributed by atoms with Crippen LogP contribution >= 0.6 is 0 Å². The molecule has 0 aromatic carbocycles. The molecular formula is C30H49F2N3O3Sn. The molecular weight excluding hydrogens is 607 g/mol. The fourth-order valence-corrected chi connectivity index (χ4v) is 10.6. The van der Waals surface area contributed by atoms with E-state index in [4.69, 9.17) is 4.74 Å². The number of carbonyl (C=O) groups excluding carboxylic acids is 2. The van der Waals surface area contributed by atoms with Crippen LogP contribution in [0.4, 0.5) is 13.6 Å². The molecule has 1 fully saturated rings. The van der Waals surface area contributed by atoms with Gasteiger partial charge in [0.2, 0.25) is 0 Å². The second kappa shape index (κ2) is 15.5. The number of ether oxygens (including phenoxy) is 1. The number of carbonyl (C=O) groups is 2. The van der Waals surface area contributed by atoms with Crippen LogP contribution in [0.3, 0.4) is 0 Å². The number of nitrogens with zero attached hydrogens (tertiary/aromatic N) is 2. The summed E-state index contributed by atoms with van der Waals surface area (Å²) in [5.41, 5.74) is -0.172. The summed E-state index contributed by atoms with van der Waals surface area (Å²) in [4.78, 5) is 31.3. The molecule has 9 heteroatoms. The van der Waals surface area contributed by atoms with Crippen LogP contribution < -0.4 is 8.90 Å². The molecule has 1 aliphatic heterocycles. The molecule has 2 heterocycles. The molecule has 1 aromatic rings. The average molecular weight is 656 g/mol. The summed E-state index contributed by atoms with van der Waals surface area (Å²) in [7, 11) is 0. The second-order valence-electron chi connectivity index (χ2n) is 12.0. The molecule has 1 aliphatic rings. The summed E-state index contributed by atoms with van der Waals surface area (Å²) < 4.78 is 36.1. The Balaban J connectivity index is 2.18. The van der Waals surface area contributed by atoms with Gasteiger partial charge in [0, 0.05) is 0 Å². The molecule has 1 saturated heterocycles. The third kappa shape index (κ3) is 10.2. The summed E-state index contributed by atoms with van der Waals surface area (Å²) in [5.74, 6) is -0.699. The maximum absolute atomic E-state index is 15.1. The van der Waals surface area contributed by atoms with Gasteiger partial charge in [-0.1, -0.05) is 0 Å². The van der Waals surface area contributed by atoms with E-state index in [0.717, 1.165) is 61.4 Å². The molecule has 220 valence electrons. The topological polar surface area (TPSA) is 71.5 Å². The van der Waals surface area contributed by atoms with E-state index in [9.17, 15) is 14.0 Å². The monoisotopic (exact) mass is 657 g/mol. The first-order valence-electron chi connectivity index (χ1n) is 14.7. The molecule has 0 aliphatic carbocycles. The van der Waals surface area contributed by atoms with Crippen LogP contribution in [-0.4, -0.2) is 66.9 Å². The van der Waals surface area contributed by atoms with E-state index in [1.807, 2.05) is 6.07 Å². The van der Waals surface area contributed by atoms with Crippen LogP contribution in [0.5, 0.6) is 0 Å². The molecule has 0 saturated carbocycles. The third-order valence-electron chi connectivity index (χ3n) is 7.44. The molecule has 1 aromatic heterocycles. The van der Waals surface area contributed by atoms with Gasteiger partial charge in [0.05, 0.1) is 0 Å². The number of hydrogen-bond acceptors (Lipinski definition) is 4. The van der Waals surface area contributed by atoms with Crippen molar-refractivity contribution in [1.29, 1.82) is 0 Å². The first kappa shape index (κ1) is 33.8. The van der Waals surface area contributed by atoms with Crippen LogP contribution in [0.1, 0.15) is 118 Å². The summed E-state index contributed by atoms with van der Waals surface area (Å²) in [6.45, 7) is 13.5. The van der Waals surface area contributed by atoms with Crippen LogP contribution in [0.25, 0.3) is 0 Å². The molecule has 2 rings (SSSR count). The van der Waals surface area contributed by atoms with E-state index in [-0.39, 0.29) is 22.2 Å². The number of likely N-dealkylation sites (tertiary alicyclic amines) is 1. The molecule has 2 radical (unpaired) electrons. The molecule has 3 atom stereocenters. The predicted molar refractivity (Wildman–Crippen MR) is 154 cm³/mol. The Morgan fingerprint density at radius 1 is 1.10 bits per heavy atom. The van der Waals surface area contributed by atoms with Gasteiger partial charge in [-0.3, -0.25) is 0 Å². The van der Waals surface area contributed by atoms with Crippen molar-refractivity contribution in [2.75, 3.05) is 0 Å². The van der Waals surface area contributed by atoms with E-state index in [1.54, 1.807) is 27.7 Å². The van der Waals surface area contributed by atoms with Crippen LogP contribution in [0.15, 0.2) is 12.3 Å². The summed E-state index contributed by atoms with van der Waals surface area (Å²) >= 11 is -1.32. The number of amides is 2. The van der Waals surface area contributed by atoms with E-state index in [0.29, 0.717) is 5.69 Å². The summed E-state index contributed by atoms with van der Waals surface area (Å²) in [6, 6.07) is 0.105. The van der Waals surface area contributed by atoms with Crippen LogP contribution in [0.2, 0.25) is 3.43 Å². The van der Waals surface area contributed by atoms with Crippen molar-refractivity contribution in [3.05, 3.63) is 23.8 Å². The van der Waals surface area contributed by atoms with Gasteiger partial charge in [0.1, 0.15) is 0 Å². The molecule has 39 heavy (non-hydrogen) atoms. The average Bonchev–Trinajstić information content (AvgIpc) is 3.18. The van der Waals surface area contributed by atoms with E-state index >= 15 is 4.39 Å². The van der Waals surface area contributed by atoms with Gasteiger partial charge in [-0.15, -0.1) is 0 Å². The van der Waals surface area contributed by atoms with Gasteiger partial charge >= 0.3 is 245 Å². The maximum atomic E-state index is 15.1. The molecule has 2 amide bonds. The first-order valence-corrected chi connectivity index (χ1v) is 17.6. The van der Waals surface area contributed by atoms with Crippen molar-refractivity contribution in [2.24, 2.45) is 0 Å². The van der Waals surface area contributed by atoms with Crippen molar-refractivity contribution < 1.29 is 23.1 Å². The third-order valence-corrected chi connectivity index (χ3v) is 13.0. The Morgan fingerprint density at radius 2 is 1.67 bits per heavy atom. The molecule has 0 unspecified atom stereocenters. The Labute approximate surface area is 244 Å². The van der Waals surface area contributed by atoms with E-state index in [1.165, 1.54) is 11.1 Å². The number of aromatic nitrogens is 1. The molecule has 1 N–H and O–H groups in total. The second-order valence-corrected chi connectivity index (χ2v) is 17.3. The van der Waals surface area contributed by atoms with Gasteiger partial charge in [0.25, 0.3) is 0 Å². The Bertz CT molecular complexity index is 919. The molecule has 0 spiro atoms. The minimum absolute atomic E-state index is 0.0857. The van der Waals surface area contributed by atoms with Crippen LogP contribution in [0, 0.1) is 5.82 Å². The number of hydrogen-bond donors (Lipinski definition) is 1. The number of alkyl halides is 1. The standard InChI is InChI=1S/C17H22F2N3O3.C13H27.Sn/c1-10-13(19)7-14(22(10)16(24)25-17(2,3)4)15(23)21-9-12-6-5-11(18)8-20-12;1-4-7-10-13(11-8-5-2)12-9-6-3;/h6,8,10,13-14H,7,9H2,1-4H3,(H,21,23);4-12H2,1-3H3;/t10-,13+,14-;;/m0../s1. The Kier molecular flexibility index (Phi) is 13.4. The minimum atomic E-state index is -1.32. The SMILES string of the molecule is CCCC[C](CCCC)(CCCC)[Sn][c]1cc(CNC(=O)[C@@H]2C[C@@H](F)[C@H](C)N2C(=O)OC(C)(C)C)ncc1F. The summed E-state index contributed by atoms with van der Waals surface area (Å²) in [5, 5.41) is 2.82. The Hall–Kier alpha value is -1.45. The van der Waals surface area contributed by atoms with Crippen molar-refractivity contribution in [3.63, 3.8) is 0 Å². The molecule has 0 bridgehead atoms. The van der Waals surface area contributed by atoms with Gasteiger partial charge < -0.3 is 0 Å². The number of rotatable bonds is 14. The van der Waals surface area contributed by atoms with E-state index < -0.39 is 57.0 Å². The van der Waals surface area contributed by atoms with Gasteiger partial charge in [-0.05, 0) is 0 Å². The normalized spacial score (nSPS) is 19.8. The quantitative estimate of drug-likeness (QED) is 0.228. The van der Waals surface area contributed by atoms with Crippen molar-refractivity contribution in [1.82, 2.24) is 15.2 Å². The van der Waals surface area contributed by atoms with Crippen LogP contribution in [-0.2, 0) is 16.1 Å². The fraction of sp³-hybridized carbons (Fsp3) is 0.767. The van der Waals surface area contributed by atoms with Gasteiger partial charge in [-0.2, -0.15) is 0 Å². The Morgan fingerprint density at radius 3 is 2.18 bits per heavy atom. The zero-order chi connectivity index (χ0) is 29.2. The van der Waals surface area contributed by atoms with Crippen molar-refractivity contribution in [3.8, 4) is 0 Å². The summed E-state index contributed by atoms with van der Waals surface area (Å²) in [6.07, 6.45) is 9.50. The predicted octanol–water partition coefficient (Wildman–Crippen LogP) is 6.63. The fourth-order valence-electron chi connectivity index (χ4n) is 5.19. The zero-order valence-corrected chi connectivity index (χ0v) is 27.9. The van der Waals surface area contributed by atoms with Crippen molar-refractivity contribution in [2.45, 2.75) is 147 Å². The number of pyridine rings is 1. The molecule has 6 nitrogen and oxygen atoms in total. The van der Waals surface area contributed by atoms with Gasteiger partial charge in [-0.25, -0.2) is 0 Å². The number of halogens is 2. The van der Waals surface area contributed by atoms with E-state index in [2.05, 4.69) is 31.1 Å². The first-order chi connectivity index (χ1) is 18.4.